The monoisotopic (exact) mass is 715 g/mol. The van der Waals surface area contributed by atoms with E-state index in [1.54, 1.807) is 6.92 Å². The molecule has 2 aliphatic rings. The van der Waals surface area contributed by atoms with Gasteiger partial charge in [-0.3, -0.25) is 0 Å². The third-order valence-corrected chi connectivity index (χ3v) is 11.8. The molecule has 2 heterocycles. The van der Waals surface area contributed by atoms with Crippen LogP contribution in [0.4, 0.5) is 11.4 Å². The van der Waals surface area contributed by atoms with Gasteiger partial charge in [-0.05, 0) is 65.6 Å². The molecule has 50 heavy (non-hydrogen) atoms. The lowest BCUT2D eigenvalue weighted by Gasteiger charge is -2.27. The van der Waals surface area contributed by atoms with E-state index in [9.17, 15) is 21.4 Å². The number of benzene rings is 4. The lowest BCUT2D eigenvalue weighted by atomic mass is 9.79. The Morgan fingerprint density at radius 1 is 0.820 bits per heavy atom. The van der Waals surface area contributed by atoms with Crippen molar-refractivity contribution in [2.45, 2.75) is 58.3 Å². The maximum absolute atomic E-state index is 12.5. The largest absolute Gasteiger partial charge is 0.748 e. The van der Waals surface area contributed by atoms with Gasteiger partial charge in [0.2, 0.25) is 5.69 Å². The van der Waals surface area contributed by atoms with Crippen molar-refractivity contribution in [1.82, 2.24) is 5.48 Å². The summed E-state index contributed by atoms with van der Waals surface area (Å²) < 4.78 is 66.7. The van der Waals surface area contributed by atoms with E-state index in [2.05, 4.69) is 103 Å². The third kappa shape index (κ3) is 6.89. The van der Waals surface area contributed by atoms with E-state index in [4.69, 9.17) is 4.28 Å². The van der Waals surface area contributed by atoms with Gasteiger partial charge in [-0.2, -0.15) is 22.8 Å². The van der Waals surface area contributed by atoms with Gasteiger partial charge in [0.1, 0.15) is 6.54 Å². The highest BCUT2D eigenvalue weighted by Crippen LogP contribution is 2.51. The molecule has 11 heteroatoms. The van der Waals surface area contributed by atoms with E-state index in [1.165, 1.54) is 5.56 Å². The molecular formula is C39H45N3O6S2. The van der Waals surface area contributed by atoms with Gasteiger partial charge in [-0.1, -0.05) is 81.4 Å². The summed E-state index contributed by atoms with van der Waals surface area (Å²) in [7, 11) is -8.09. The summed E-state index contributed by atoms with van der Waals surface area (Å²) in [6.07, 6.45) is 6.82. The molecule has 0 aromatic heterocycles. The van der Waals surface area contributed by atoms with Crippen molar-refractivity contribution in [3.63, 3.8) is 0 Å². The van der Waals surface area contributed by atoms with Crippen LogP contribution in [0.15, 0.2) is 96.7 Å². The number of hydrogen-bond acceptors (Lipinski definition) is 8. The van der Waals surface area contributed by atoms with Crippen molar-refractivity contribution in [1.29, 1.82) is 0 Å². The fourth-order valence-electron chi connectivity index (χ4n) is 7.77. The van der Waals surface area contributed by atoms with Crippen molar-refractivity contribution in [3.05, 3.63) is 108 Å². The Hall–Kier alpha value is -3.87. The zero-order chi connectivity index (χ0) is 35.9. The van der Waals surface area contributed by atoms with E-state index in [0.717, 1.165) is 49.9 Å². The van der Waals surface area contributed by atoms with Crippen molar-refractivity contribution < 1.29 is 30.2 Å². The first-order valence-electron chi connectivity index (χ1n) is 17.1. The number of nitrogens with one attached hydrogen (secondary N) is 1. The summed E-state index contributed by atoms with van der Waals surface area (Å²) in [4.78, 5) is 2.22. The summed E-state index contributed by atoms with van der Waals surface area (Å²) in [5.41, 5.74) is 8.07. The summed E-state index contributed by atoms with van der Waals surface area (Å²) in [6, 6.07) is 25.0. The molecule has 0 unspecified atom stereocenters. The lowest BCUT2D eigenvalue weighted by Crippen LogP contribution is -2.29. The molecule has 4 aromatic carbocycles. The molecule has 1 N–H and O–H groups in total. The molecule has 0 saturated carbocycles. The van der Waals surface area contributed by atoms with Crippen molar-refractivity contribution in [2.24, 2.45) is 0 Å². The van der Waals surface area contributed by atoms with Crippen LogP contribution in [-0.2, 0) is 35.4 Å². The summed E-state index contributed by atoms with van der Waals surface area (Å²) in [6.45, 7) is 11.8. The van der Waals surface area contributed by atoms with Gasteiger partial charge in [-0.25, -0.2) is 8.42 Å². The van der Waals surface area contributed by atoms with Gasteiger partial charge >= 0.3 is 0 Å². The van der Waals surface area contributed by atoms with Crippen molar-refractivity contribution >= 4 is 58.9 Å². The molecule has 0 radical (unpaired) electrons. The van der Waals surface area contributed by atoms with Gasteiger partial charge in [-0.15, -0.1) is 0 Å². The zero-order valence-corrected chi connectivity index (χ0v) is 30.9. The first kappa shape index (κ1) is 35.9. The Morgan fingerprint density at radius 2 is 1.46 bits per heavy atom. The highest BCUT2D eigenvalue weighted by Gasteiger charge is 2.46. The molecule has 2 aliphatic heterocycles. The number of anilines is 1. The molecule has 0 saturated heterocycles. The second-order valence-corrected chi connectivity index (χ2v) is 17.2. The molecule has 0 aliphatic carbocycles. The topological polar surface area (TPSA) is 119 Å². The third-order valence-electron chi connectivity index (χ3n) is 9.90. The van der Waals surface area contributed by atoms with Crippen LogP contribution in [0.5, 0.6) is 0 Å². The number of hydroxylamine groups is 1. The van der Waals surface area contributed by atoms with Gasteiger partial charge in [0.15, 0.2) is 5.71 Å². The fourth-order valence-corrected chi connectivity index (χ4v) is 9.12. The molecule has 264 valence electrons. The van der Waals surface area contributed by atoms with Crippen molar-refractivity contribution in [2.75, 3.05) is 36.0 Å². The van der Waals surface area contributed by atoms with Crippen LogP contribution in [-0.4, -0.2) is 62.8 Å². The van der Waals surface area contributed by atoms with Gasteiger partial charge in [0.25, 0.3) is 10.1 Å². The molecule has 0 amide bonds. The van der Waals surface area contributed by atoms with Gasteiger partial charge in [0.05, 0.1) is 21.3 Å². The van der Waals surface area contributed by atoms with Crippen LogP contribution in [0.25, 0.3) is 21.5 Å². The van der Waals surface area contributed by atoms with E-state index < -0.39 is 36.8 Å². The van der Waals surface area contributed by atoms with Crippen LogP contribution in [0.3, 0.4) is 0 Å². The Balaban J connectivity index is 1.42. The smallest absolute Gasteiger partial charge is 0.283 e. The molecule has 0 spiro atoms. The Kier molecular flexibility index (Phi) is 9.84. The average Bonchev–Trinajstić information content (AvgIpc) is 3.42. The van der Waals surface area contributed by atoms with Crippen LogP contribution in [0.1, 0.15) is 58.6 Å². The van der Waals surface area contributed by atoms with Gasteiger partial charge < -0.3 is 9.45 Å². The molecule has 0 fully saturated rings. The van der Waals surface area contributed by atoms with Crippen molar-refractivity contribution in [3.8, 4) is 0 Å². The summed E-state index contributed by atoms with van der Waals surface area (Å²) >= 11 is 0. The minimum absolute atomic E-state index is 0.130. The fraction of sp³-hybridized carbons (Fsp3) is 0.359. The van der Waals surface area contributed by atoms with E-state index in [1.807, 2.05) is 30.3 Å². The second-order valence-electron chi connectivity index (χ2n) is 14.0. The number of hydrogen-bond donors (Lipinski definition) is 1. The van der Waals surface area contributed by atoms with Gasteiger partial charge in [0, 0.05) is 59.8 Å². The van der Waals surface area contributed by atoms with E-state index in [0.29, 0.717) is 26.1 Å². The summed E-state index contributed by atoms with van der Waals surface area (Å²) in [5, 5.41) is 4.56. The minimum Gasteiger partial charge on any atom is -0.748 e. The maximum atomic E-state index is 12.5. The first-order chi connectivity index (χ1) is 23.7. The van der Waals surface area contributed by atoms with Crippen LogP contribution in [0, 0.1) is 0 Å². The number of rotatable bonds is 13. The minimum atomic E-state index is -4.35. The maximum Gasteiger partial charge on any atom is 0.283 e. The zero-order valence-electron chi connectivity index (χ0n) is 29.3. The Labute approximate surface area is 295 Å². The SMILES string of the molecule is CCNOS(=O)(=O)CCCN1C(=CC=CC2=[N+](CCCS(=O)(=O)[O-])c3ccc4ccccc4c3C2(C)C)C(C)(C)c2c1ccc1ccccc21. The molecule has 6 rings (SSSR count). The van der Waals surface area contributed by atoms with Crippen LogP contribution in [0.2, 0.25) is 0 Å². The number of nitrogens with zero attached hydrogens (tertiary/aromatic N) is 2. The predicted molar refractivity (Wildman–Crippen MR) is 201 cm³/mol. The molecular weight excluding hydrogens is 671 g/mol. The first-order valence-corrected chi connectivity index (χ1v) is 20.2. The Bertz CT molecular complexity index is 2270. The average molecular weight is 716 g/mol. The Morgan fingerprint density at radius 3 is 2.12 bits per heavy atom. The number of allylic oxidation sites excluding steroid dienone is 4. The lowest BCUT2D eigenvalue weighted by molar-refractivity contribution is -0.437. The van der Waals surface area contributed by atoms with E-state index in [-0.39, 0.29) is 12.2 Å². The molecule has 0 bridgehead atoms. The van der Waals surface area contributed by atoms with Crippen LogP contribution < -0.4 is 10.4 Å². The van der Waals surface area contributed by atoms with E-state index >= 15 is 0 Å². The second kappa shape index (κ2) is 13.7. The molecule has 9 nitrogen and oxygen atoms in total. The van der Waals surface area contributed by atoms with Crippen LogP contribution >= 0.6 is 0 Å². The normalized spacial score (nSPS) is 17.8. The number of fused-ring (bicyclic) bond motifs is 6. The molecule has 0 atom stereocenters. The quantitative estimate of drug-likeness (QED) is 0.0912. The summed E-state index contributed by atoms with van der Waals surface area (Å²) in [5.74, 6) is -0.562. The highest BCUT2D eigenvalue weighted by atomic mass is 32.2. The highest BCUT2D eigenvalue weighted by molar-refractivity contribution is 7.86. The standard InChI is InChI=1S/C39H45N3O6S2/c1-6-40-48-50(46,47)27-13-25-42-33-23-21-29-15-8-10-17-31(29)37(33)39(4,5)35(42)19-11-18-34-38(2,3)36-30-16-9-7-14-28(30)20-22-32(36)41(34)24-12-26-49(43,44)45/h7-11,14-23,40H,6,12-13,24-27H2,1-5H3. The predicted octanol–water partition coefficient (Wildman–Crippen LogP) is 6.80. The molecule has 4 aromatic rings.